The van der Waals surface area contributed by atoms with E-state index in [9.17, 15) is 8.42 Å². The molecule has 1 aromatic heterocycles. The number of nitrogens with two attached hydrogens (primary N) is 1. The minimum atomic E-state index is -3.59. The Morgan fingerprint density at radius 3 is 2.90 bits per heavy atom. The maximum atomic E-state index is 12.2. The van der Waals surface area contributed by atoms with E-state index < -0.39 is 10.0 Å². The highest BCUT2D eigenvalue weighted by Crippen LogP contribution is 2.25. The van der Waals surface area contributed by atoms with Crippen molar-refractivity contribution in [3.05, 3.63) is 17.3 Å². The van der Waals surface area contributed by atoms with Gasteiger partial charge in [0.15, 0.2) is 5.82 Å². The van der Waals surface area contributed by atoms with Gasteiger partial charge in [-0.25, -0.2) is 24.0 Å². The van der Waals surface area contributed by atoms with Crippen molar-refractivity contribution in [3.63, 3.8) is 0 Å². The molecule has 9 heteroatoms. The predicted octanol–water partition coefficient (Wildman–Crippen LogP) is 1.58. The van der Waals surface area contributed by atoms with Crippen LogP contribution in [0.3, 0.4) is 0 Å². The van der Waals surface area contributed by atoms with E-state index in [1.807, 2.05) is 11.8 Å². The molecule has 0 aromatic carbocycles. The Kier molecular flexibility index (Phi) is 5.50. The molecule has 0 saturated carbocycles. The Hall–Kier alpha value is -0.540. The lowest BCUT2D eigenvalue weighted by atomic mass is 10.2. The number of nitrogens with one attached hydrogen (secondary N) is 2. The average Bonchev–Trinajstić information content (AvgIpc) is 2.46. The van der Waals surface area contributed by atoms with E-state index in [4.69, 9.17) is 17.4 Å². The van der Waals surface area contributed by atoms with Gasteiger partial charge in [-0.1, -0.05) is 18.0 Å². The van der Waals surface area contributed by atoms with Gasteiger partial charge in [-0.2, -0.15) is 11.8 Å². The van der Waals surface area contributed by atoms with Crippen LogP contribution in [0.5, 0.6) is 0 Å². The topological polar surface area (TPSA) is 97.1 Å². The summed E-state index contributed by atoms with van der Waals surface area (Å²) in [6.07, 6.45) is 4.64. The number of rotatable bonds is 5. The number of aromatic nitrogens is 1. The van der Waals surface area contributed by atoms with Crippen molar-refractivity contribution < 1.29 is 8.42 Å². The number of pyridine rings is 1. The third kappa shape index (κ3) is 3.98. The van der Waals surface area contributed by atoms with E-state index in [1.54, 1.807) is 0 Å². The summed E-state index contributed by atoms with van der Waals surface area (Å²) < 4.78 is 26.9. The first-order valence-electron chi connectivity index (χ1n) is 6.26. The van der Waals surface area contributed by atoms with Crippen LogP contribution in [-0.2, 0) is 10.0 Å². The third-order valence-electron chi connectivity index (χ3n) is 3.04. The number of thioether (sulfide) groups is 1. The molecule has 1 aliphatic heterocycles. The van der Waals surface area contributed by atoms with Crippen molar-refractivity contribution in [2.75, 3.05) is 17.7 Å². The summed E-state index contributed by atoms with van der Waals surface area (Å²) in [6, 6.07) is 1.33. The maximum absolute atomic E-state index is 12.2. The Morgan fingerprint density at radius 1 is 1.50 bits per heavy atom. The van der Waals surface area contributed by atoms with Crippen LogP contribution in [0, 0.1) is 0 Å². The summed E-state index contributed by atoms with van der Waals surface area (Å²) in [5.74, 6) is 6.54. The molecule has 6 nitrogen and oxygen atoms in total. The van der Waals surface area contributed by atoms with E-state index in [2.05, 4.69) is 15.1 Å². The zero-order valence-corrected chi connectivity index (χ0v) is 13.2. The number of hydrazine groups is 1. The highest BCUT2D eigenvalue weighted by atomic mass is 35.5. The van der Waals surface area contributed by atoms with Gasteiger partial charge in [0, 0.05) is 18.0 Å². The molecule has 0 aliphatic carbocycles. The number of anilines is 1. The molecule has 0 radical (unpaired) electrons. The van der Waals surface area contributed by atoms with Crippen LogP contribution in [0.2, 0.25) is 5.02 Å². The second kappa shape index (κ2) is 6.95. The fraction of sp³-hybridized carbons (Fsp3) is 0.545. The zero-order chi connectivity index (χ0) is 14.6. The quantitative estimate of drug-likeness (QED) is 0.558. The number of halogens is 1. The van der Waals surface area contributed by atoms with Crippen LogP contribution in [-0.4, -0.2) is 30.9 Å². The molecular weight excluding hydrogens is 320 g/mol. The smallest absolute Gasteiger partial charge is 0.242 e. The molecule has 20 heavy (non-hydrogen) atoms. The summed E-state index contributed by atoms with van der Waals surface area (Å²) in [5, 5.41) is 0.509. The van der Waals surface area contributed by atoms with Crippen LogP contribution in [0.15, 0.2) is 17.2 Å². The SMILES string of the molecule is NNc1ncc(S(=O)(=O)NCC2CCCCS2)cc1Cl. The molecule has 0 amide bonds. The van der Waals surface area contributed by atoms with Gasteiger partial charge in [0.1, 0.15) is 4.90 Å². The standard InChI is InChI=1S/C11H17ClN4O2S2/c12-10-5-9(7-14-11(10)16-13)20(17,18)15-6-8-3-1-2-4-19-8/h5,7-8,15H,1-4,6,13H2,(H,14,16). The van der Waals surface area contributed by atoms with Crippen LogP contribution in [0.25, 0.3) is 0 Å². The van der Waals surface area contributed by atoms with Gasteiger partial charge in [-0.05, 0) is 24.7 Å². The number of nitrogen functional groups attached to an aromatic ring is 1. The molecule has 1 fully saturated rings. The molecule has 0 spiro atoms. The van der Waals surface area contributed by atoms with Crippen molar-refractivity contribution in [3.8, 4) is 0 Å². The Morgan fingerprint density at radius 2 is 2.30 bits per heavy atom. The Labute approximate surface area is 127 Å². The lowest BCUT2D eigenvalue weighted by molar-refractivity contribution is 0.573. The van der Waals surface area contributed by atoms with E-state index in [0.29, 0.717) is 11.8 Å². The molecular formula is C11H17ClN4O2S2. The first-order valence-corrected chi connectivity index (χ1v) is 9.17. The monoisotopic (exact) mass is 336 g/mol. The summed E-state index contributed by atoms with van der Waals surface area (Å²) in [5.41, 5.74) is 2.30. The normalized spacial score (nSPS) is 19.8. The molecule has 1 unspecified atom stereocenters. The minimum absolute atomic E-state index is 0.0438. The Balaban J connectivity index is 2.04. The molecule has 1 saturated heterocycles. The van der Waals surface area contributed by atoms with Gasteiger partial charge in [0.25, 0.3) is 0 Å². The molecule has 2 rings (SSSR count). The Bertz CT molecular complexity index is 562. The van der Waals surface area contributed by atoms with Crippen molar-refractivity contribution in [1.29, 1.82) is 0 Å². The van der Waals surface area contributed by atoms with Gasteiger partial charge >= 0.3 is 0 Å². The second-order valence-electron chi connectivity index (χ2n) is 4.49. The first kappa shape index (κ1) is 15.8. The van der Waals surface area contributed by atoms with Crippen molar-refractivity contribution in [2.24, 2.45) is 5.84 Å². The summed E-state index contributed by atoms with van der Waals surface area (Å²) in [6.45, 7) is 0.432. The molecule has 4 N–H and O–H groups in total. The number of hydrogen-bond acceptors (Lipinski definition) is 6. The molecule has 2 heterocycles. The predicted molar refractivity (Wildman–Crippen MR) is 82.3 cm³/mol. The van der Waals surface area contributed by atoms with Gasteiger partial charge in [-0.3, -0.25) is 0 Å². The highest BCUT2D eigenvalue weighted by Gasteiger charge is 2.20. The van der Waals surface area contributed by atoms with Crippen molar-refractivity contribution >= 4 is 39.2 Å². The fourth-order valence-corrected chi connectivity index (χ4v) is 4.61. The molecule has 0 bridgehead atoms. The molecule has 1 aromatic rings. The molecule has 1 atom stereocenters. The fourth-order valence-electron chi connectivity index (χ4n) is 1.93. The van der Waals surface area contributed by atoms with E-state index in [0.717, 1.165) is 18.6 Å². The molecule has 1 aliphatic rings. The number of nitrogens with zero attached hydrogens (tertiary/aromatic N) is 1. The molecule has 112 valence electrons. The van der Waals surface area contributed by atoms with Gasteiger partial charge in [0.2, 0.25) is 10.0 Å². The van der Waals surface area contributed by atoms with Crippen LogP contribution in [0.1, 0.15) is 19.3 Å². The average molecular weight is 337 g/mol. The second-order valence-corrected chi connectivity index (χ2v) is 8.07. The van der Waals surface area contributed by atoms with Crippen LogP contribution < -0.4 is 16.0 Å². The van der Waals surface area contributed by atoms with Crippen LogP contribution >= 0.6 is 23.4 Å². The first-order chi connectivity index (χ1) is 9.53. The minimum Gasteiger partial charge on any atom is -0.307 e. The summed E-state index contributed by atoms with van der Waals surface area (Å²) >= 11 is 7.70. The van der Waals surface area contributed by atoms with Crippen molar-refractivity contribution in [1.82, 2.24) is 9.71 Å². The lowest BCUT2D eigenvalue weighted by Crippen LogP contribution is -2.32. The van der Waals surface area contributed by atoms with E-state index >= 15 is 0 Å². The van der Waals surface area contributed by atoms with Gasteiger partial charge < -0.3 is 5.43 Å². The van der Waals surface area contributed by atoms with Gasteiger partial charge in [-0.15, -0.1) is 0 Å². The largest absolute Gasteiger partial charge is 0.307 e. The van der Waals surface area contributed by atoms with Crippen molar-refractivity contribution in [2.45, 2.75) is 29.4 Å². The number of hydrogen-bond donors (Lipinski definition) is 3. The van der Waals surface area contributed by atoms with Crippen LogP contribution in [0.4, 0.5) is 5.82 Å². The summed E-state index contributed by atoms with van der Waals surface area (Å²) in [7, 11) is -3.59. The highest BCUT2D eigenvalue weighted by molar-refractivity contribution is 8.00. The number of sulfonamides is 1. The van der Waals surface area contributed by atoms with E-state index in [1.165, 1.54) is 18.7 Å². The van der Waals surface area contributed by atoms with Gasteiger partial charge in [0.05, 0.1) is 5.02 Å². The van der Waals surface area contributed by atoms with E-state index in [-0.39, 0.29) is 15.7 Å². The summed E-state index contributed by atoms with van der Waals surface area (Å²) in [4.78, 5) is 3.91. The third-order valence-corrected chi connectivity index (χ3v) is 6.11. The lowest BCUT2D eigenvalue weighted by Gasteiger charge is -2.21. The zero-order valence-electron chi connectivity index (χ0n) is 10.8. The maximum Gasteiger partial charge on any atom is 0.242 e.